The molecule has 2 heterocycles. The van der Waals surface area contributed by atoms with Crippen LogP contribution < -0.4 is 21.3 Å². The van der Waals surface area contributed by atoms with E-state index in [0.29, 0.717) is 23.6 Å². The molecule has 32 heavy (non-hydrogen) atoms. The molecular formula is C25H29N5O2. The molecule has 1 amide bonds. The largest absolute Gasteiger partial charge is 0.380 e. The standard InChI is InChI=1S/C25H29N5O2/c1-2-18-4-3-5-19(14-18)16-27-23-15-24(28-17-22(23)25(26)31)29-20-6-8-21(9-7-20)30-10-12-32-13-11-30/h3-9,14-15,17H,2,10-13,16H2,1H3,(H2,26,31)(H2,27,28,29). The van der Waals surface area contributed by atoms with E-state index in [1.165, 1.54) is 17.4 Å². The number of anilines is 4. The number of nitrogens with two attached hydrogens (primary N) is 1. The van der Waals surface area contributed by atoms with Crippen molar-refractivity contribution >= 4 is 28.8 Å². The number of nitrogens with one attached hydrogen (secondary N) is 2. The highest BCUT2D eigenvalue weighted by molar-refractivity contribution is 5.98. The zero-order valence-corrected chi connectivity index (χ0v) is 18.3. The molecule has 7 nitrogen and oxygen atoms in total. The molecule has 4 N–H and O–H groups in total. The Hall–Kier alpha value is -3.58. The highest BCUT2D eigenvalue weighted by Gasteiger charge is 2.12. The zero-order chi connectivity index (χ0) is 22.3. The summed E-state index contributed by atoms with van der Waals surface area (Å²) in [5.74, 6) is 0.127. The molecule has 0 saturated carbocycles. The van der Waals surface area contributed by atoms with Crippen LogP contribution in [-0.4, -0.2) is 37.2 Å². The van der Waals surface area contributed by atoms with Crippen molar-refractivity contribution in [3.8, 4) is 0 Å². The maximum atomic E-state index is 11.9. The Kier molecular flexibility index (Phi) is 6.87. The van der Waals surface area contributed by atoms with Crippen LogP contribution >= 0.6 is 0 Å². The highest BCUT2D eigenvalue weighted by atomic mass is 16.5. The van der Waals surface area contributed by atoms with Gasteiger partial charge < -0.3 is 26.0 Å². The number of pyridine rings is 1. The van der Waals surface area contributed by atoms with Crippen molar-refractivity contribution in [3.05, 3.63) is 77.5 Å². The molecule has 1 fully saturated rings. The van der Waals surface area contributed by atoms with E-state index in [1.54, 1.807) is 0 Å². The number of primary amides is 1. The van der Waals surface area contributed by atoms with Crippen LogP contribution in [0.15, 0.2) is 60.8 Å². The van der Waals surface area contributed by atoms with Crippen molar-refractivity contribution in [1.82, 2.24) is 4.98 Å². The summed E-state index contributed by atoms with van der Waals surface area (Å²) in [6.45, 7) is 6.04. The third kappa shape index (κ3) is 5.36. The fourth-order valence-electron chi connectivity index (χ4n) is 3.75. The van der Waals surface area contributed by atoms with E-state index < -0.39 is 5.91 Å². The lowest BCUT2D eigenvalue weighted by Gasteiger charge is -2.28. The van der Waals surface area contributed by atoms with Gasteiger partial charge in [0.1, 0.15) is 5.82 Å². The molecule has 1 saturated heterocycles. The van der Waals surface area contributed by atoms with Crippen molar-refractivity contribution in [3.63, 3.8) is 0 Å². The van der Waals surface area contributed by atoms with Crippen molar-refractivity contribution in [2.75, 3.05) is 41.8 Å². The quantitative estimate of drug-likeness (QED) is 0.500. The lowest BCUT2D eigenvalue weighted by atomic mass is 10.1. The number of aromatic nitrogens is 1. The summed E-state index contributed by atoms with van der Waals surface area (Å²) in [5, 5.41) is 6.65. The van der Waals surface area contributed by atoms with Crippen molar-refractivity contribution in [2.24, 2.45) is 5.73 Å². The lowest BCUT2D eigenvalue weighted by molar-refractivity contribution is 0.100. The fraction of sp³-hybridized carbons (Fsp3) is 0.280. The number of carbonyl (C=O) groups is 1. The van der Waals surface area contributed by atoms with E-state index in [0.717, 1.165) is 44.0 Å². The number of hydrogen-bond donors (Lipinski definition) is 3. The maximum absolute atomic E-state index is 11.9. The van der Waals surface area contributed by atoms with Gasteiger partial charge in [-0.15, -0.1) is 0 Å². The Morgan fingerprint density at radius 2 is 1.84 bits per heavy atom. The van der Waals surface area contributed by atoms with Crippen molar-refractivity contribution in [2.45, 2.75) is 19.9 Å². The molecule has 0 aliphatic carbocycles. The minimum Gasteiger partial charge on any atom is -0.380 e. The molecule has 0 spiro atoms. The number of nitrogens with zero attached hydrogens (tertiary/aromatic N) is 2. The monoisotopic (exact) mass is 431 g/mol. The lowest BCUT2D eigenvalue weighted by Crippen LogP contribution is -2.36. The van der Waals surface area contributed by atoms with Crippen LogP contribution in [0.25, 0.3) is 0 Å². The zero-order valence-electron chi connectivity index (χ0n) is 18.3. The summed E-state index contributed by atoms with van der Waals surface area (Å²) < 4.78 is 5.42. The summed E-state index contributed by atoms with van der Waals surface area (Å²) in [5.41, 5.74) is 11.1. The van der Waals surface area contributed by atoms with Gasteiger partial charge in [-0.25, -0.2) is 4.98 Å². The number of rotatable bonds is 8. The van der Waals surface area contributed by atoms with E-state index in [9.17, 15) is 4.79 Å². The Labute approximate surface area is 188 Å². The van der Waals surface area contributed by atoms with Crippen LogP contribution in [0.4, 0.5) is 22.9 Å². The Morgan fingerprint density at radius 1 is 1.09 bits per heavy atom. The summed E-state index contributed by atoms with van der Waals surface area (Å²) >= 11 is 0. The van der Waals surface area contributed by atoms with Crippen molar-refractivity contribution in [1.29, 1.82) is 0 Å². The molecule has 1 aromatic heterocycles. The van der Waals surface area contributed by atoms with Gasteiger partial charge in [0.15, 0.2) is 0 Å². The molecule has 1 aliphatic heterocycles. The average molecular weight is 432 g/mol. The molecule has 0 bridgehead atoms. The van der Waals surface area contributed by atoms with Gasteiger partial charge in [0.25, 0.3) is 5.91 Å². The Bertz CT molecular complexity index is 1060. The van der Waals surface area contributed by atoms with E-state index in [-0.39, 0.29) is 0 Å². The van der Waals surface area contributed by atoms with Gasteiger partial charge in [-0.1, -0.05) is 31.2 Å². The van der Waals surface area contributed by atoms with Gasteiger partial charge in [0.2, 0.25) is 0 Å². The number of amides is 1. The Balaban J connectivity index is 1.47. The second-order valence-electron chi connectivity index (χ2n) is 7.78. The summed E-state index contributed by atoms with van der Waals surface area (Å²) in [4.78, 5) is 18.6. The normalized spacial score (nSPS) is 13.6. The summed E-state index contributed by atoms with van der Waals surface area (Å²) in [6, 6.07) is 18.4. The van der Waals surface area contributed by atoms with Gasteiger partial charge in [-0.3, -0.25) is 4.79 Å². The molecule has 1 aliphatic rings. The number of morpholine rings is 1. The second kappa shape index (κ2) is 10.2. The summed E-state index contributed by atoms with van der Waals surface area (Å²) in [6.07, 6.45) is 2.49. The van der Waals surface area contributed by atoms with E-state index in [1.807, 2.05) is 24.3 Å². The molecule has 0 radical (unpaired) electrons. The SMILES string of the molecule is CCc1cccc(CNc2cc(Nc3ccc(N4CCOCC4)cc3)ncc2C(N)=O)c1. The molecule has 2 aromatic carbocycles. The van der Waals surface area contributed by atoms with E-state index in [4.69, 9.17) is 10.5 Å². The Morgan fingerprint density at radius 3 is 2.56 bits per heavy atom. The molecule has 7 heteroatoms. The van der Waals surface area contributed by atoms with Crippen molar-refractivity contribution < 1.29 is 9.53 Å². The predicted molar refractivity (Wildman–Crippen MR) is 129 cm³/mol. The third-order valence-electron chi connectivity index (χ3n) is 5.57. The first-order valence-electron chi connectivity index (χ1n) is 10.9. The molecular weight excluding hydrogens is 402 g/mol. The first kappa shape index (κ1) is 21.6. The first-order valence-corrected chi connectivity index (χ1v) is 10.9. The number of benzene rings is 2. The molecule has 166 valence electrons. The average Bonchev–Trinajstić information content (AvgIpc) is 2.84. The third-order valence-corrected chi connectivity index (χ3v) is 5.57. The smallest absolute Gasteiger partial charge is 0.252 e. The van der Waals surface area contributed by atoms with Gasteiger partial charge in [0, 0.05) is 43.3 Å². The van der Waals surface area contributed by atoms with Gasteiger partial charge in [-0.2, -0.15) is 0 Å². The number of ether oxygens (including phenoxy) is 1. The first-order chi connectivity index (χ1) is 15.6. The second-order valence-corrected chi connectivity index (χ2v) is 7.78. The fourth-order valence-corrected chi connectivity index (χ4v) is 3.75. The van der Waals surface area contributed by atoms with Gasteiger partial charge in [0.05, 0.1) is 24.5 Å². The van der Waals surface area contributed by atoms with Gasteiger partial charge >= 0.3 is 0 Å². The van der Waals surface area contributed by atoms with Gasteiger partial charge in [-0.05, 0) is 41.8 Å². The van der Waals surface area contributed by atoms with Crippen LogP contribution in [-0.2, 0) is 17.7 Å². The summed E-state index contributed by atoms with van der Waals surface area (Å²) in [7, 11) is 0. The van der Waals surface area contributed by atoms with E-state index in [2.05, 4.69) is 57.8 Å². The maximum Gasteiger partial charge on any atom is 0.252 e. The molecule has 4 rings (SSSR count). The van der Waals surface area contributed by atoms with E-state index >= 15 is 0 Å². The topological polar surface area (TPSA) is 92.5 Å². The number of carbonyl (C=O) groups excluding carboxylic acids is 1. The predicted octanol–water partition coefficient (Wildman–Crippen LogP) is 3.94. The molecule has 0 unspecified atom stereocenters. The minimum absolute atomic E-state index is 0.366. The van der Waals surface area contributed by atoms with Crippen LogP contribution in [0.1, 0.15) is 28.4 Å². The molecule has 0 atom stereocenters. The van der Waals surface area contributed by atoms with Crippen LogP contribution in [0.5, 0.6) is 0 Å². The van der Waals surface area contributed by atoms with Crippen LogP contribution in [0.3, 0.4) is 0 Å². The molecule has 3 aromatic rings. The number of aryl methyl sites for hydroxylation is 1. The minimum atomic E-state index is -0.510. The highest BCUT2D eigenvalue weighted by Crippen LogP contribution is 2.24. The van der Waals surface area contributed by atoms with Crippen LogP contribution in [0, 0.1) is 0 Å². The van der Waals surface area contributed by atoms with Crippen LogP contribution in [0.2, 0.25) is 0 Å². The number of hydrogen-bond acceptors (Lipinski definition) is 6.